The maximum atomic E-state index is 13.9. The van der Waals surface area contributed by atoms with Crippen LogP contribution in [0.25, 0.3) is 17.0 Å². The third-order valence-electron chi connectivity index (χ3n) is 6.17. The second-order valence-corrected chi connectivity index (χ2v) is 8.85. The maximum absolute atomic E-state index is 13.9. The summed E-state index contributed by atoms with van der Waals surface area (Å²) in [4.78, 5) is 25.6. The summed E-state index contributed by atoms with van der Waals surface area (Å²) in [5, 5.41) is 0.911. The van der Waals surface area contributed by atoms with Crippen molar-refractivity contribution in [2.24, 2.45) is 7.05 Å². The van der Waals surface area contributed by atoms with Gasteiger partial charge in [-0.2, -0.15) is 8.78 Å². The highest BCUT2D eigenvalue weighted by molar-refractivity contribution is 6.16. The molecule has 0 radical (unpaired) electrons. The molecule has 0 saturated carbocycles. The minimum atomic E-state index is -2.36. The highest BCUT2D eigenvalue weighted by atomic mass is 19.2. The van der Waals surface area contributed by atoms with Gasteiger partial charge >= 0.3 is 5.97 Å². The van der Waals surface area contributed by atoms with Gasteiger partial charge in [0.15, 0.2) is 17.6 Å². The molecule has 0 N–H and O–H groups in total. The number of esters is 1. The van der Waals surface area contributed by atoms with Crippen molar-refractivity contribution in [3.8, 4) is 17.2 Å². The molecule has 0 saturated heterocycles. The largest absolute Gasteiger partial charge is 0.473 e. The number of aryl methyl sites for hydroxylation is 2. The number of benzene rings is 3. The molecule has 0 fully saturated rings. The van der Waals surface area contributed by atoms with Gasteiger partial charge in [0.25, 0.3) is 0 Å². The summed E-state index contributed by atoms with van der Waals surface area (Å²) in [6.45, 7) is 2.60. The van der Waals surface area contributed by atoms with Crippen LogP contribution in [0.5, 0.6) is 17.2 Å². The number of allylic oxidation sites excluding steroid dienone is 1. The molecule has 4 aromatic rings. The van der Waals surface area contributed by atoms with Crippen molar-refractivity contribution >= 4 is 28.7 Å². The van der Waals surface area contributed by atoms with Crippen molar-refractivity contribution in [2.45, 2.75) is 20.0 Å². The van der Waals surface area contributed by atoms with E-state index in [9.17, 15) is 31.5 Å². The van der Waals surface area contributed by atoms with E-state index in [2.05, 4.69) is 0 Å². The predicted molar refractivity (Wildman–Crippen MR) is 129 cm³/mol. The lowest BCUT2D eigenvalue weighted by molar-refractivity contribution is -0.141. The lowest BCUT2D eigenvalue weighted by Gasteiger charge is -2.16. The highest BCUT2D eigenvalue weighted by Crippen LogP contribution is 2.38. The Bertz CT molecular complexity index is 1700. The standard InChI is InChI=1S/C28H18F5NO5/c1-12-8-15(38-28(36)13(2)37-27-24(32)22(30)21(29)23(31)25(27)33)10-18-20(12)26(35)19(39-18)9-14-11-34(3)17-7-5-4-6-16(14)17/h4-11,13H,1-3H3/b19-9-. The molecular weight excluding hydrogens is 525 g/mol. The van der Waals surface area contributed by atoms with Crippen molar-refractivity contribution < 1.29 is 45.8 Å². The van der Waals surface area contributed by atoms with Gasteiger partial charge in [0.2, 0.25) is 34.9 Å². The number of Topliss-reactive ketones (excluding diaryl/α,β-unsaturated/α-hetero) is 1. The van der Waals surface area contributed by atoms with Crippen LogP contribution in [0.2, 0.25) is 0 Å². The number of halogens is 5. The van der Waals surface area contributed by atoms with Crippen LogP contribution in [0.1, 0.15) is 28.4 Å². The van der Waals surface area contributed by atoms with Gasteiger partial charge in [-0.1, -0.05) is 18.2 Å². The van der Waals surface area contributed by atoms with Crippen LogP contribution in [0.3, 0.4) is 0 Å². The highest BCUT2D eigenvalue weighted by Gasteiger charge is 2.32. The number of ketones is 1. The number of hydrogen-bond donors (Lipinski definition) is 0. The number of ether oxygens (including phenoxy) is 3. The summed E-state index contributed by atoms with van der Waals surface area (Å²) in [5.74, 6) is -14.4. The second-order valence-electron chi connectivity index (χ2n) is 8.85. The van der Waals surface area contributed by atoms with E-state index in [0.717, 1.165) is 23.4 Å². The fourth-order valence-electron chi connectivity index (χ4n) is 4.28. The van der Waals surface area contributed by atoms with Gasteiger partial charge in [-0.3, -0.25) is 4.79 Å². The van der Waals surface area contributed by atoms with Crippen molar-refractivity contribution in [2.75, 3.05) is 0 Å². The molecule has 11 heteroatoms. The summed E-state index contributed by atoms with van der Waals surface area (Å²) >= 11 is 0. The van der Waals surface area contributed by atoms with E-state index in [-0.39, 0.29) is 28.6 Å². The zero-order valence-electron chi connectivity index (χ0n) is 20.6. The molecule has 1 aliphatic rings. The molecule has 1 aliphatic heterocycles. The molecule has 0 amide bonds. The van der Waals surface area contributed by atoms with E-state index in [1.165, 1.54) is 12.1 Å². The van der Waals surface area contributed by atoms with Crippen molar-refractivity contribution in [1.82, 2.24) is 4.57 Å². The van der Waals surface area contributed by atoms with Gasteiger partial charge in [0.05, 0.1) is 5.56 Å². The third-order valence-corrected chi connectivity index (χ3v) is 6.17. The zero-order valence-corrected chi connectivity index (χ0v) is 20.6. The molecule has 39 heavy (non-hydrogen) atoms. The van der Waals surface area contributed by atoms with E-state index < -0.39 is 46.9 Å². The predicted octanol–water partition coefficient (Wildman–Crippen LogP) is 6.17. The Hall–Kier alpha value is -4.67. The first-order valence-electron chi connectivity index (χ1n) is 11.5. The normalized spacial score (nSPS) is 14.5. The SMILES string of the molecule is Cc1cc(OC(=O)C(C)Oc2c(F)c(F)c(F)c(F)c2F)cc2c1C(=O)/C(=C/c1cn(C)c3ccccc13)O2. The van der Waals surface area contributed by atoms with Gasteiger partial charge < -0.3 is 18.8 Å². The second kappa shape index (κ2) is 9.57. The number of hydrogen-bond acceptors (Lipinski definition) is 5. The molecule has 6 nitrogen and oxygen atoms in total. The summed E-state index contributed by atoms with van der Waals surface area (Å²) in [5.41, 5.74) is 2.38. The summed E-state index contributed by atoms with van der Waals surface area (Å²) in [6.07, 6.45) is 1.69. The van der Waals surface area contributed by atoms with Crippen molar-refractivity contribution in [3.05, 3.63) is 94.1 Å². The molecule has 3 aromatic carbocycles. The number of carbonyl (C=O) groups excluding carboxylic acids is 2. The molecule has 1 atom stereocenters. The molecule has 2 heterocycles. The van der Waals surface area contributed by atoms with Crippen LogP contribution in [0.4, 0.5) is 22.0 Å². The molecule has 5 rings (SSSR count). The van der Waals surface area contributed by atoms with Crippen LogP contribution >= 0.6 is 0 Å². The fourth-order valence-corrected chi connectivity index (χ4v) is 4.28. The number of rotatable bonds is 5. The first-order chi connectivity index (χ1) is 18.5. The summed E-state index contributed by atoms with van der Waals surface area (Å²) in [7, 11) is 1.87. The maximum Gasteiger partial charge on any atom is 0.352 e. The van der Waals surface area contributed by atoms with Crippen LogP contribution in [-0.2, 0) is 11.8 Å². The van der Waals surface area contributed by atoms with Crippen LogP contribution < -0.4 is 14.2 Å². The van der Waals surface area contributed by atoms with Gasteiger partial charge in [-0.05, 0) is 37.6 Å². The van der Waals surface area contributed by atoms with E-state index >= 15 is 0 Å². The number of para-hydroxylation sites is 1. The van der Waals surface area contributed by atoms with Crippen LogP contribution in [0, 0.1) is 36.0 Å². The first-order valence-corrected chi connectivity index (χ1v) is 11.5. The molecule has 200 valence electrons. The molecular formula is C28H18F5NO5. The topological polar surface area (TPSA) is 66.8 Å². The minimum absolute atomic E-state index is 0.0518. The Morgan fingerprint density at radius 1 is 1.00 bits per heavy atom. The number of fused-ring (bicyclic) bond motifs is 2. The fraction of sp³-hybridized carbons (Fsp3) is 0.143. The monoisotopic (exact) mass is 543 g/mol. The molecule has 0 spiro atoms. The Morgan fingerprint density at radius 3 is 2.33 bits per heavy atom. The number of nitrogens with zero attached hydrogens (tertiary/aromatic N) is 1. The third kappa shape index (κ3) is 4.39. The lowest BCUT2D eigenvalue weighted by Crippen LogP contribution is -2.29. The average molecular weight is 543 g/mol. The smallest absolute Gasteiger partial charge is 0.352 e. The van der Waals surface area contributed by atoms with Crippen LogP contribution in [-0.4, -0.2) is 22.4 Å². The van der Waals surface area contributed by atoms with E-state index in [1.807, 2.05) is 42.1 Å². The van der Waals surface area contributed by atoms with Crippen LogP contribution in [0.15, 0.2) is 48.4 Å². The van der Waals surface area contributed by atoms with Gasteiger partial charge in [0, 0.05) is 35.8 Å². The number of carbonyl (C=O) groups is 2. The minimum Gasteiger partial charge on any atom is -0.473 e. The first kappa shape index (κ1) is 26.0. The van der Waals surface area contributed by atoms with E-state index in [0.29, 0.717) is 5.56 Å². The molecule has 0 bridgehead atoms. The summed E-state index contributed by atoms with van der Waals surface area (Å²) in [6, 6.07) is 10.3. The molecule has 1 unspecified atom stereocenters. The summed E-state index contributed by atoms with van der Waals surface area (Å²) < 4.78 is 85.6. The average Bonchev–Trinajstić information content (AvgIpc) is 3.40. The van der Waals surface area contributed by atoms with Gasteiger partial charge in [0.1, 0.15) is 11.5 Å². The quantitative estimate of drug-likeness (QED) is 0.0752. The lowest BCUT2D eigenvalue weighted by atomic mass is 10.0. The van der Waals surface area contributed by atoms with Crippen molar-refractivity contribution in [3.63, 3.8) is 0 Å². The van der Waals surface area contributed by atoms with Crippen molar-refractivity contribution in [1.29, 1.82) is 0 Å². The van der Waals surface area contributed by atoms with E-state index in [4.69, 9.17) is 14.2 Å². The molecule has 0 aliphatic carbocycles. The van der Waals surface area contributed by atoms with Gasteiger partial charge in [-0.25, -0.2) is 18.0 Å². The Kier molecular flexibility index (Phi) is 6.37. The molecule has 1 aromatic heterocycles. The Morgan fingerprint density at radius 2 is 1.64 bits per heavy atom. The van der Waals surface area contributed by atoms with Gasteiger partial charge in [-0.15, -0.1) is 0 Å². The number of aromatic nitrogens is 1. The van der Waals surface area contributed by atoms with E-state index in [1.54, 1.807) is 13.0 Å². The zero-order chi connectivity index (χ0) is 28.2. The Labute approximate surface area is 217 Å². The Balaban J connectivity index is 1.37.